The van der Waals surface area contributed by atoms with Gasteiger partial charge in [-0.25, -0.2) is 0 Å². The highest BCUT2D eigenvalue weighted by Crippen LogP contribution is 2.63. The smallest absolute Gasteiger partial charge is 0.0726 e. The zero-order valence-corrected chi connectivity index (χ0v) is 26.5. The highest BCUT2D eigenvalue weighted by atomic mass is 15.2. The third kappa shape index (κ3) is 3.39. The van der Waals surface area contributed by atoms with Crippen LogP contribution in [0.15, 0.2) is 164 Å². The van der Waals surface area contributed by atoms with Crippen LogP contribution in [0.2, 0.25) is 0 Å². The van der Waals surface area contributed by atoms with Crippen molar-refractivity contribution in [2.24, 2.45) is 0 Å². The number of para-hydroxylation sites is 1. The van der Waals surface area contributed by atoms with E-state index < -0.39 is 0 Å². The number of fused-ring (bicyclic) bond motifs is 12. The van der Waals surface area contributed by atoms with Crippen molar-refractivity contribution in [2.45, 2.75) is 24.7 Å². The monoisotopic (exact) mass is 599 g/mol. The second kappa shape index (κ2) is 9.44. The number of nitrogens with zero attached hydrogens (tertiary/aromatic N) is 1. The predicted molar refractivity (Wildman–Crippen MR) is 195 cm³/mol. The topological polar surface area (TPSA) is 3.24 Å². The molecule has 1 heteroatoms. The molecule has 0 N–H and O–H groups in total. The normalized spacial score (nSPS) is 15.3. The van der Waals surface area contributed by atoms with Gasteiger partial charge in [0.2, 0.25) is 0 Å². The Labute approximate surface area is 276 Å². The fourth-order valence-electron chi connectivity index (χ4n) is 9.01. The molecule has 1 heterocycles. The molecule has 0 radical (unpaired) electrons. The van der Waals surface area contributed by atoms with Gasteiger partial charge >= 0.3 is 0 Å². The Bertz CT molecular complexity index is 2330. The van der Waals surface area contributed by atoms with Gasteiger partial charge in [-0.05, 0) is 97.1 Å². The number of rotatable bonds is 2. The molecule has 1 aliphatic heterocycles. The Kier molecular flexibility index (Phi) is 5.33. The lowest BCUT2D eigenvalue weighted by Gasteiger charge is -2.42. The van der Waals surface area contributed by atoms with Crippen LogP contribution in [0.4, 0.5) is 17.1 Å². The van der Waals surface area contributed by atoms with Crippen LogP contribution in [-0.2, 0) is 10.8 Å². The van der Waals surface area contributed by atoms with E-state index in [-0.39, 0.29) is 10.8 Å². The molecule has 10 rings (SSSR count). The maximum atomic E-state index is 2.51. The van der Waals surface area contributed by atoms with Crippen molar-refractivity contribution in [3.63, 3.8) is 0 Å². The zero-order valence-electron chi connectivity index (χ0n) is 26.5. The number of hydrogen-bond donors (Lipinski definition) is 0. The molecular formula is C46H33N. The molecular weight excluding hydrogens is 567 g/mol. The lowest BCUT2D eigenvalue weighted by Crippen LogP contribution is -2.31. The molecule has 7 aromatic rings. The van der Waals surface area contributed by atoms with Crippen molar-refractivity contribution >= 4 is 17.1 Å². The van der Waals surface area contributed by atoms with Crippen molar-refractivity contribution in [1.29, 1.82) is 0 Å². The van der Waals surface area contributed by atoms with Crippen LogP contribution >= 0.6 is 0 Å². The molecule has 0 saturated heterocycles. The van der Waals surface area contributed by atoms with E-state index in [1.807, 2.05) is 0 Å². The van der Waals surface area contributed by atoms with E-state index in [9.17, 15) is 0 Å². The largest absolute Gasteiger partial charge is 0.310 e. The Morgan fingerprint density at radius 1 is 0.362 bits per heavy atom. The number of anilines is 3. The van der Waals surface area contributed by atoms with Crippen molar-refractivity contribution in [3.8, 4) is 33.4 Å². The molecule has 2 aliphatic carbocycles. The van der Waals surface area contributed by atoms with Crippen LogP contribution < -0.4 is 4.90 Å². The maximum Gasteiger partial charge on any atom is 0.0726 e. The minimum atomic E-state index is -0.371. The second-order valence-electron chi connectivity index (χ2n) is 13.7. The molecule has 222 valence electrons. The summed E-state index contributed by atoms with van der Waals surface area (Å²) in [7, 11) is 0. The second-order valence-corrected chi connectivity index (χ2v) is 13.7. The molecule has 1 nitrogen and oxygen atoms in total. The standard InChI is InChI=1S/C46H33N/c1-45(2)40-22-12-13-23-43(40)47(44-27-24-31(28-42(44)45)30-14-4-3-5-15-30)32-25-26-36-35-18-8-11-21-39(35)46(41(36)29-32)37-19-9-6-16-33(37)34-17-7-10-20-38(34)46/h3-29H,1-2H3. The lowest BCUT2D eigenvalue weighted by molar-refractivity contribution is 0.632. The zero-order chi connectivity index (χ0) is 31.3. The molecule has 0 fully saturated rings. The van der Waals surface area contributed by atoms with Gasteiger partial charge < -0.3 is 4.90 Å². The molecule has 7 aromatic carbocycles. The first-order valence-corrected chi connectivity index (χ1v) is 16.6. The molecule has 0 saturated carbocycles. The van der Waals surface area contributed by atoms with Gasteiger partial charge in [0.1, 0.15) is 0 Å². The van der Waals surface area contributed by atoms with Crippen molar-refractivity contribution in [2.75, 3.05) is 4.90 Å². The fourth-order valence-corrected chi connectivity index (χ4v) is 9.01. The summed E-state index contributed by atoms with van der Waals surface area (Å²) < 4.78 is 0. The average Bonchev–Trinajstić information content (AvgIpc) is 3.59. The Morgan fingerprint density at radius 2 is 0.872 bits per heavy atom. The molecule has 0 aromatic heterocycles. The van der Waals surface area contributed by atoms with Crippen LogP contribution in [0.3, 0.4) is 0 Å². The summed E-state index contributed by atoms with van der Waals surface area (Å²) in [6, 6.07) is 61.1. The molecule has 3 aliphatic rings. The van der Waals surface area contributed by atoms with Crippen LogP contribution in [0, 0.1) is 0 Å². The van der Waals surface area contributed by atoms with Crippen LogP contribution in [0.5, 0.6) is 0 Å². The van der Waals surface area contributed by atoms with Gasteiger partial charge in [0.05, 0.1) is 16.8 Å². The molecule has 1 spiro atoms. The first-order chi connectivity index (χ1) is 23.1. The number of benzene rings is 7. The van der Waals surface area contributed by atoms with Gasteiger partial charge in [-0.2, -0.15) is 0 Å². The minimum Gasteiger partial charge on any atom is -0.310 e. The van der Waals surface area contributed by atoms with E-state index >= 15 is 0 Å². The van der Waals surface area contributed by atoms with Crippen molar-refractivity contribution in [3.05, 3.63) is 197 Å². The fraction of sp³-hybridized carbons (Fsp3) is 0.0870. The van der Waals surface area contributed by atoms with Gasteiger partial charge in [-0.1, -0.05) is 147 Å². The highest BCUT2D eigenvalue weighted by molar-refractivity contribution is 5.97. The van der Waals surface area contributed by atoms with Crippen LogP contribution in [-0.4, -0.2) is 0 Å². The summed E-state index contributed by atoms with van der Waals surface area (Å²) in [6.45, 7) is 4.75. The minimum absolute atomic E-state index is 0.162. The summed E-state index contributed by atoms with van der Waals surface area (Å²) in [4.78, 5) is 2.51. The quantitative estimate of drug-likeness (QED) is 0.191. The van der Waals surface area contributed by atoms with E-state index in [0.29, 0.717) is 0 Å². The van der Waals surface area contributed by atoms with Gasteiger partial charge in [0, 0.05) is 11.1 Å². The third-order valence-electron chi connectivity index (χ3n) is 11.1. The van der Waals surface area contributed by atoms with Crippen LogP contribution in [0.1, 0.15) is 47.2 Å². The summed E-state index contributed by atoms with van der Waals surface area (Å²) in [5.41, 5.74) is 19.1. The van der Waals surface area contributed by atoms with Crippen molar-refractivity contribution in [1.82, 2.24) is 0 Å². The van der Waals surface area contributed by atoms with Gasteiger partial charge in [-0.3, -0.25) is 0 Å². The maximum absolute atomic E-state index is 2.51. The lowest BCUT2D eigenvalue weighted by atomic mass is 9.70. The van der Waals surface area contributed by atoms with Gasteiger partial charge in [-0.15, -0.1) is 0 Å². The number of hydrogen-bond acceptors (Lipinski definition) is 1. The van der Waals surface area contributed by atoms with E-state index in [2.05, 4.69) is 183 Å². The summed E-state index contributed by atoms with van der Waals surface area (Å²) in [5.74, 6) is 0. The summed E-state index contributed by atoms with van der Waals surface area (Å²) in [6.07, 6.45) is 0. The van der Waals surface area contributed by atoms with E-state index in [1.165, 1.54) is 83.8 Å². The van der Waals surface area contributed by atoms with E-state index in [1.54, 1.807) is 0 Å². The van der Waals surface area contributed by atoms with Gasteiger partial charge in [0.25, 0.3) is 0 Å². The van der Waals surface area contributed by atoms with Crippen LogP contribution in [0.25, 0.3) is 33.4 Å². The van der Waals surface area contributed by atoms with Crippen molar-refractivity contribution < 1.29 is 0 Å². The summed E-state index contributed by atoms with van der Waals surface area (Å²) >= 11 is 0. The molecule has 0 amide bonds. The third-order valence-corrected chi connectivity index (χ3v) is 11.1. The Balaban J connectivity index is 1.25. The highest BCUT2D eigenvalue weighted by Gasteiger charge is 2.51. The predicted octanol–water partition coefficient (Wildman–Crippen LogP) is 11.8. The van der Waals surface area contributed by atoms with Gasteiger partial charge in [0.15, 0.2) is 0 Å². The molecule has 0 unspecified atom stereocenters. The van der Waals surface area contributed by atoms with E-state index in [0.717, 1.165) is 0 Å². The first kappa shape index (κ1) is 26.5. The van der Waals surface area contributed by atoms with E-state index in [4.69, 9.17) is 0 Å². The molecule has 47 heavy (non-hydrogen) atoms. The first-order valence-electron chi connectivity index (χ1n) is 16.6. The Morgan fingerprint density at radius 3 is 1.51 bits per heavy atom. The Hall–Kier alpha value is -5.66. The average molecular weight is 600 g/mol. The summed E-state index contributed by atoms with van der Waals surface area (Å²) in [5, 5.41) is 0. The SMILES string of the molecule is CC1(C)c2ccccc2N(c2ccc3c(c2)C2(c4ccccc4-c4ccccc42)c2ccccc2-3)c2ccc(-c3ccccc3)cc21. The molecule has 0 atom stereocenters. The molecule has 0 bridgehead atoms.